The molecule has 0 radical (unpaired) electrons. The molecule has 0 bridgehead atoms. The Balaban J connectivity index is 1.90. The Morgan fingerprint density at radius 1 is 1.30 bits per heavy atom. The predicted octanol–water partition coefficient (Wildman–Crippen LogP) is 4.01. The van der Waals surface area contributed by atoms with Crippen LogP contribution < -0.4 is 15.9 Å². The fraction of sp³-hybridized carbons (Fsp3) is 0.353. The van der Waals surface area contributed by atoms with E-state index in [1.165, 1.54) is 6.21 Å². The maximum Gasteiger partial charge on any atom is 0.421 e. The van der Waals surface area contributed by atoms with E-state index in [0.717, 1.165) is 38.5 Å². The van der Waals surface area contributed by atoms with Gasteiger partial charge in [-0.25, -0.2) is 4.98 Å². The van der Waals surface area contributed by atoms with Gasteiger partial charge in [0.15, 0.2) is 0 Å². The van der Waals surface area contributed by atoms with Crippen LogP contribution in [-0.2, 0) is 6.18 Å². The molecule has 0 aliphatic heterocycles. The van der Waals surface area contributed by atoms with Gasteiger partial charge in [0.05, 0.1) is 5.69 Å². The van der Waals surface area contributed by atoms with Gasteiger partial charge in [0.2, 0.25) is 13.4 Å². The summed E-state index contributed by atoms with van der Waals surface area (Å²) in [5, 5.41) is 16.6. The largest absolute Gasteiger partial charge is 0.430 e. The molecule has 1 fully saturated rings. The first-order valence-electron chi connectivity index (χ1n) is 8.77. The lowest BCUT2D eigenvalue weighted by molar-refractivity contribution is -0.137. The van der Waals surface area contributed by atoms with E-state index in [1.807, 2.05) is 13.0 Å². The van der Waals surface area contributed by atoms with Gasteiger partial charge >= 0.3 is 6.18 Å². The van der Waals surface area contributed by atoms with Crippen LogP contribution in [0.25, 0.3) is 0 Å². The van der Waals surface area contributed by atoms with Crippen LogP contribution in [0.5, 0.6) is 0 Å². The van der Waals surface area contributed by atoms with Gasteiger partial charge in [0.1, 0.15) is 11.4 Å². The van der Waals surface area contributed by atoms with Crippen LogP contribution in [0.3, 0.4) is 0 Å². The topological polar surface area (TPSA) is 85.7 Å². The summed E-state index contributed by atoms with van der Waals surface area (Å²) in [6.07, 6.45) is 0.0184. The molecule has 1 aromatic heterocycles. The first-order chi connectivity index (χ1) is 12.9. The van der Waals surface area contributed by atoms with E-state index < -0.39 is 11.7 Å². The van der Waals surface area contributed by atoms with Crippen molar-refractivity contribution in [1.82, 2.24) is 9.97 Å². The molecule has 6 nitrogen and oxygen atoms in total. The summed E-state index contributed by atoms with van der Waals surface area (Å²) in [4.78, 5) is 7.85. The number of benzene rings is 1. The van der Waals surface area contributed by atoms with Crippen LogP contribution in [0.4, 0.5) is 36.3 Å². The highest BCUT2D eigenvalue weighted by atomic mass is 19.4. The second-order valence-electron chi connectivity index (χ2n) is 6.34. The Bertz CT molecular complexity index is 823. The Labute approximate surface area is 155 Å². The second-order valence-corrected chi connectivity index (χ2v) is 6.34. The van der Waals surface area contributed by atoms with Crippen molar-refractivity contribution in [1.29, 1.82) is 5.41 Å². The van der Waals surface area contributed by atoms with E-state index in [2.05, 4.69) is 25.8 Å². The predicted molar refractivity (Wildman–Crippen MR) is 103 cm³/mol. The average Bonchev–Trinajstić information content (AvgIpc) is 3.43. The third-order valence-electron chi connectivity index (χ3n) is 4.07. The maximum atomic E-state index is 13.2. The molecule has 1 aliphatic rings. The summed E-state index contributed by atoms with van der Waals surface area (Å²) in [6, 6.07) is 5.38. The number of rotatable bonds is 8. The molecule has 2 aromatic rings. The second kappa shape index (κ2) is 7.85. The molecule has 1 aliphatic carbocycles. The summed E-state index contributed by atoms with van der Waals surface area (Å²) >= 11 is 0. The highest BCUT2D eigenvalue weighted by Crippen LogP contribution is 2.36. The number of nitrogens with zero attached hydrogens (tertiary/aromatic N) is 2. The van der Waals surface area contributed by atoms with Gasteiger partial charge in [0, 0.05) is 29.7 Å². The van der Waals surface area contributed by atoms with Gasteiger partial charge in [-0.2, -0.15) is 18.2 Å². The van der Waals surface area contributed by atoms with Crippen molar-refractivity contribution < 1.29 is 13.2 Å². The summed E-state index contributed by atoms with van der Waals surface area (Å²) < 4.78 is 39.6. The fourth-order valence-corrected chi connectivity index (χ4v) is 2.54. The van der Waals surface area contributed by atoms with Crippen molar-refractivity contribution in [2.24, 2.45) is 0 Å². The van der Waals surface area contributed by atoms with Gasteiger partial charge in [-0.3, -0.25) is 0 Å². The minimum atomic E-state index is -4.53. The number of hydrogen-bond donors (Lipinski definition) is 4. The molecule has 0 atom stereocenters. The van der Waals surface area contributed by atoms with E-state index in [1.54, 1.807) is 12.1 Å². The van der Waals surface area contributed by atoms with E-state index in [9.17, 15) is 13.2 Å². The Morgan fingerprint density at radius 2 is 2.04 bits per heavy atom. The van der Waals surface area contributed by atoms with Crippen molar-refractivity contribution >= 4 is 36.8 Å². The molecule has 0 saturated heterocycles. The standard InChI is InChI=1S/C17H20BF3N6/c1-2-18-27-14-5-3-4-13(11(14)8-22)25-16-23-9-12(17(19,20)21)15(26-16)24-10-6-7-10/h3-5,8-10,18,22,27H,2,6-7H2,1H3,(H2,23,24,25,26). The van der Waals surface area contributed by atoms with Crippen LogP contribution in [0.1, 0.15) is 30.9 Å². The molecule has 0 amide bonds. The van der Waals surface area contributed by atoms with E-state index in [-0.39, 0.29) is 17.8 Å². The summed E-state index contributed by atoms with van der Waals surface area (Å²) in [5.74, 6) is -0.180. The molecule has 1 aromatic carbocycles. The number of alkyl halides is 3. The number of anilines is 4. The normalized spacial score (nSPS) is 13.8. The molecule has 3 rings (SSSR count). The van der Waals surface area contributed by atoms with Crippen LogP contribution in [0.15, 0.2) is 24.4 Å². The number of nitrogens with one attached hydrogen (secondary N) is 4. The van der Waals surface area contributed by atoms with Gasteiger partial charge < -0.3 is 21.3 Å². The Kier molecular flexibility index (Phi) is 5.52. The SMILES string of the molecule is CCBNc1cccc(Nc2ncc(C(F)(F)F)c(NC3CC3)n2)c1C=N. The lowest BCUT2D eigenvalue weighted by Gasteiger charge is -2.16. The third-order valence-corrected chi connectivity index (χ3v) is 4.07. The van der Waals surface area contributed by atoms with Crippen molar-refractivity contribution in [3.63, 3.8) is 0 Å². The molecule has 1 heterocycles. The zero-order valence-corrected chi connectivity index (χ0v) is 14.8. The van der Waals surface area contributed by atoms with Gasteiger partial charge in [0.25, 0.3) is 0 Å². The van der Waals surface area contributed by atoms with Crippen LogP contribution in [0.2, 0.25) is 6.32 Å². The molecule has 0 unspecified atom stereocenters. The lowest BCUT2D eigenvalue weighted by atomic mass is 9.89. The Morgan fingerprint density at radius 3 is 2.67 bits per heavy atom. The minimum absolute atomic E-state index is 0.0209. The van der Waals surface area contributed by atoms with Crippen LogP contribution >= 0.6 is 0 Å². The first-order valence-corrected chi connectivity index (χ1v) is 8.77. The molecule has 27 heavy (non-hydrogen) atoms. The molecule has 0 spiro atoms. The van der Waals surface area contributed by atoms with Crippen LogP contribution in [-0.4, -0.2) is 29.6 Å². The maximum absolute atomic E-state index is 13.2. The van der Waals surface area contributed by atoms with E-state index in [0.29, 0.717) is 11.3 Å². The number of aromatic nitrogens is 2. The van der Waals surface area contributed by atoms with Crippen molar-refractivity contribution in [3.8, 4) is 0 Å². The van der Waals surface area contributed by atoms with Gasteiger partial charge in [-0.1, -0.05) is 19.3 Å². The minimum Gasteiger partial charge on any atom is -0.430 e. The zero-order chi connectivity index (χ0) is 19.4. The number of hydrogen-bond acceptors (Lipinski definition) is 6. The zero-order valence-electron chi connectivity index (χ0n) is 14.8. The molecule has 10 heteroatoms. The smallest absolute Gasteiger partial charge is 0.421 e. The molecule has 1 saturated carbocycles. The van der Waals surface area contributed by atoms with E-state index >= 15 is 0 Å². The summed E-state index contributed by atoms with van der Waals surface area (Å²) in [5.41, 5.74) is 1.01. The van der Waals surface area contributed by atoms with Crippen molar-refractivity contribution in [2.75, 3.05) is 15.9 Å². The third kappa shape index (κ3) is 4.69. The highest BCUT2D eigenvalue weighted by molar-refractivity contribution is 6.40. The first kappa shape index (κ1) is 19.0. The lowest BCUT2D eigenvalue weighted by Crippen LogP contribution is -2.15. The van der Waals surface area contributed by atoms with Crippen molar-refractivity contribution in [3.05, 3.63) is 35.5 Å². The summed E-state index contributed by atoms with van der Waals surface area (Å²) in [7, 11) is 0.747. The molecule has 142 valence electrons. The summed E-state index contributed by atoms with van der Waals surface area (Å²) in [6.45, 7) is 2.03. The monoisotopic (exact) mass is 376 g/mol. The molecule has 4 N–H and O–H groups in total. The van der Waals surface area contributed by atoms with E-state index in [4.69, 9.17) is 5.41 Å². The molecular weight excluding hydrogens is 356 g/mol. The number of halogens is 3. The van der Waals surface area contributed by atoms with Gasteiger partial charge in [-0.05, 0) is 25.0 Å². The fourth-order valence-electron chi connectivity index (χ4n) is 2.54. The van der Waals surface area contributed by atoms with Crippen molar-refractivity contribution in [2.45, 2.75) is 38.3 Å². The van der Waals surface area contributed by atoms with Crippen LogP contribution in [0, 0.1) is 5.41 Å². The molecular formula is C17H20BF3N6. The van der Waals surface area contributed by atoms with Gasteiger partial charge in [-0.15, -0.1) is 0 Å². The Hall–Kier alpha value is -2.78. The highest BCUT2D eigenvalue weighted by Gasteiger charge is 2.36. The quantitative estimate of drug-likeness (QED) is 0.413. The average molecular weight is 376 g/mol.